The first-order valence-electron chi connectivity index (χ1n) is 6.49. The van der Waals surface area contributed by atoms with Gasteiger partial charge in [-0.05, 0) is 58.7 Å². The van der Waals surface area contributed by atoms with Crippen LogP contribution in [0.15, 0.2) is 0 Å². The molecule has 0 amide bonds. The number of hydrogen-bond donors (Lipinski definition) is 3. The molecule has 4 N–H and O–H groups in total. The van der Waals surface area contributed by atoms with Crippen LogP contribution in [-0.2, 0) is 0 Å². The Morgan fingerprint density at radius 2 is 2.27 bits per heavy atom. The van der Waals surface area contributed by atoms with Crippen molar-refractivity contribution in [3.05, 3.63) is 0 Å². The van der Waals surface area contributed by atoms with E-state index in [4.69, 9.17) is 5.73 Å². The molecule has 90 valence electrons. The summed E-state index contributed by atoms with van der Waals surface area (Å²) >= 11 is 0. The molecule has 15 heavy (non-hydrogen) atoms. The first-order chi connectivity index (χ1) is 7.33. The first-order valence-corrected chi connectivity index (χ1v) is 6.49. The zero-order chi connectivity index (χ0) is 10.9. The standard InChI is InChI=1S/C12H27N3/c1-11(14-8-5-3-7-13)10-12-6-2-4-9-15-12/h11-12,14-15H,2-10,13H2,1H3. The molecule has 1 saturated heterocycles. The normalized spacial score (nSPS) is 24.0. The largest absolute Gasteiger partial charge is 0.330 e. The van der Waals surface area contributed by atoms with Crippen molar-refractivity contribution in [3.8, 4) is 0 Å². The van der Waals surface area contributed by atoms with E-state index in [1.165, 1.54) is 38.6 Å². The van der Waals surface area contributed by atoms with Gasteiger partial charge in [0.05, 0.1) is 0 Å². The van der Waals surface area contributed by atoms with Crippen LogP contribution in [0.2, 0.25) is 0 Å². The van der Waals surface area contributed by atoms with Gasteiger partial charge in [-0.1, -0.05) is 6.42 Å². The third-order valence-electron chi connectivity index (χ3n) is 3.17. The van der Waals surface area contributed by atoms with Crippen LogP contribution in [0.3, 0.4) is 0 Å². The summed E-state index contributed by atoms with van der Waals surface area (Å²) in [6.07, 6.45) is 7.73. The van der Waals surface area contributed by atoms with Gasteiger partial charge in [-0.15, -0.1) is 0 Å². The van der Waals surface area contributed by atoms with Crippen molar-refractivity contribution in [1.82, 2.24) is 10.6 Å². The fourth-order valence-electron chi connectivity index (χ4n) is 2.25. The number of unbranched alkanes of at least 4 members (excludes halogenated alkanes) is 1. The highest BCUT2D eigenvalue weighted by molar-refractivity contribution is 4.76. The SMILES string of the molecule is CC(CC1CCCCN1)NCCCCN. The van der Waals surface area contributed by atoms with Crippen LogP contribution in [0.4, 0.5) is 0 Å². The van der Waals surface area contributed by atoms with Gasteiger partial charge in [0, 0.05) is 12.1 Å². The van der Waals surface area contributed by atoms with Crippen molar-refractivity contribution in [2.75, 3.05) is 19.6 Å². The summed E-state index contributed by atoms with van der Waals surface area (Å²) in [6, 6.07) is 1.38. The maximum absolute atomic E-state index is 5.46. The Kier molecular flexibility index (Phi) is 6.98. The molecule has 0 saturated carbocycles. The third-order valence-corrected chi connectivity index (χ3v) is 3.17. The Labute approximate surface area is 94.2 Å². The molecule has 1 aliphatic rings. The highest BCUT2D eigenvalue weighted by Crippen LogP contribution is 2.11. The van der Waals surface area contributed by atoms with Crippen LogP contribution in [-0.4, -0.2) is 31.7 Å². The predicted molar refractivity (Wildman–Crippen MR) is 66.0 cm³/mol. The molecule has 0 spiro atoms. The Morgan fingerprint density at radius 3 is 2.93 bits per heavy atom. The smallest absolute Gasteiger partial charge is 0.00817 e. The lowest BCUT2D eigenvalue weighted by Crippen LogP contribution is -2.40. The number of piperidine rings is 1. The van der Waals surface area contributed by atoms with Crippen LogP contribution < -0.4 is 16.4 Å². The van der Waals surface area contributed by atoms with E-state index in [-0.39, 0.29) is 0 Å². The summed E-state index contributed by atoms with van der Waals surface area (Å²) < 4.78 is 0. The van der Waals surface area contributed by atoms with Crippen LogP contribution >= 0.6 is 0 Å². The van der Waals surface area contributed by atoms with Gasteiger partial charge in [0.1, 0.15) is 0 Å². The second-order valence-corrected chi connectivity index (χ2v) is 4.73. The summed E-state index contributed by atoms with van der Waals surface area (Å²) in [7, 11) is 0. The maximum Gasteiger partial charge on any atom is 0.00817 e. The average Bonchev–Trinajstić information content (AvgIpc) is 2.26. The zero-order valence-corrected chi connectivity index (χ0v) is 10.1. The molecular formula is C12H27N3. The predicted octanol–water partition coefficient (Wildman–Crippen LogP) is 1.24. The lowest BCUT2D eigenvalue weighted by atomic mass is 9.99. The van der Waals surface area contributed by atoms with E-state index in [1.54, 1.807) is 0 Å². The topological polar surface area (TPSA) is 50.1 Å². The van der Waals surface area contributed by atoms with Gasteiger partial charge in [0.2, 0.25) is 0 Å². The van der Waals surface area contributed by atoms with E-state index in [2.05, 4.69) is 17.6 Å². The Bertz CT molecular complexity index is 144. The summed E-state index contributed by atoms with van der Waals surface area (Å²) in [5.41, 5.74) is 5.46. The second kappa shape index (κ2) is 8.08. The highest BCUT2D eigenvalue weighted by atomic mass is 15.0. The summed E-state index contributed by atoms with van der Waals surface area (Å²) in [4.78, 5) is 0. The average molecular weight is 213 g/mol. The van der Waals surface area contributed by atoms with E-state index < -0.39 is 0 Å². The third kappa shape index (κ3) is 6.13. The van der Waals surface area contributed by atoms with Gasteiger partial charge in [0.15, 0.2) is 0 Å². The Morgan fingerprint density at radius 1 is 1.40 bits per heavy atom. The molecule has 1 rings (SSSR count). The quantitative estimate of drug-likeness (QED) is 0.558. The van der Waals surface area contributed by atoms with Crippen molar-refractivity contribution in [2.45, 2.75) is 57.5 Å². The molecule has 1 aliphatic heterocycles. The zero-order valence-electron chi connectivity index (χ0n) is 10.1. The van der Waals surface area contributed by atoms with Crippen molar-refractivity contribution in [3.63, 3.8) is 0 Å². The maximum atomic E-state index is 5.46. The van der Waals surface area contributed by atoms with Crippen LogP contribution in [0, 0.1) is 0 Å². The number of nitrogens with one attached hydrogen (secondary N) is 2. The Balaban J connectivity index is 1.98. The van der Waals surface area contributed by atoms with Crippen molar-refractivity contribution >= 4 is 0 Å². The van der Waals surface area contributed by atoms with Gasteiger partial charge < -0.3 is 16.4 Å². The number of hydrogen-bond acceptors (Lipinski definition) is 3. The fourth-order valence-corrected chi connectivity index (χ4v) is 2.25. The molecule has 3 heteroatoms. The minimum atomic E-state index is 0.637. The molecule has 0 aliphatic carbocycles. The van der Waals surface area contributed by atoms with Crippen molar-refractivity contribution in [2.24, 2.45) is 5.73 Å². The number of rotatable bonds is 7. The van der Waals surface area contributed by atoms with E-state index in [1.807, 2.05) is 0 Å². The first kappa shape index (κ1) is 12.9. The molecule has 1 heterocycles. The lowest BCUT2D eigenvalue weighted by Gasteiger charge is -2.26. The summed E-state index contributed by atoms with van der Waals surface area (Å²) in [6.45, 7) is 5.44. The number of nitrogens with two attached hydrogens (primary N) is 1. The van der Waals surface area contributed by atoms with E-state index in [0.717, 1.165) is 25.6 Å². The monoisotopic (exact) mass is 213 g/mol. The molecule has 2 atom stereocenters. The van der Waals surface area contributed by atoms with Gasteiger partial charge in [-0.2, -0.15) is 0 Å². The van der Waals surface area contributed by atoms with Crippen molar-refractivity contribution in [1.29, 1.82) is 0 Å². The van der Waals surface area contributed by atoms with Gasteiger partial charge in [-0.3, -0.25) is 0 Å². The van der Waals surface area contributed by atoms with Gasteiger partial charge >= 0.3 is 0 Å². The lowest BCUT2D eigenvalue weighted by molar-refractivity contribution is 0.344. The highest BCUT2D eigenvalue weighted by Gasteiger charge is 2.14. The van der Waals surface area contributed by atoms with Crippen molar-refractivity contribution < 1.29 is 0 Å². The van der Waals surface area contributed by atoms with E-state index in [0.29, 0.717) is 6.04 Å². The summed E-state index contributed by atoms with van der Waals surface area (Å²) in [5.74, 6) is 0. The van der Waals surface area contributed by atoms with Gasteiger partial charge in [-0.25, -0.2) is 0 Å². The second-order valence-electron chi connectivity index (χ2n) is 4.73. The molecule has 0 aromatic carbocycles. The fraction of sp³-hybridized carbons (Fsp3) is 1.00. The summed E-state index contributed by atoms with van der Waals surface area (Å²) in [5, 5.41) is 7.16. The molecule has 0 aromatic rings. The molecule has 3 nitrogen and oxygen atoms in total. The Hall–Kier alpha value is -0.120. The van der Waals surface area contributed by atoms with E-state index in [9.17, 15) is 0 Å². The molecule has 1 fully saturated rings. The van der Waals surface area contributed by atoms with Crippen LogP contribution in [0.25, 0.3) is 0 Å². The minimum Gasteiger partial charge on any atom is -0.330 e. The van der Waals surface area contributed by atoms with E-state index >= 15 is 0 Å². The molecular weight excluding hydrogens is 186 g/mol. The molecule has 0 aromatic heterocycles. The van der Waals surface area contributed by atoms with Crippen LogP contribution in [0.1, 0.15) is 45.4 Å². The minimum absolute atomic E-state index is 0.637. The molecule has 0 bridgehead atoms. The van der Waals surface area contributed by atoms with Gasteiger partial charge in [0.25, 0.3) is 0 Å². The van der Waals surface area contributed by atoms with Crippen LogP contribution in [0.5, 0.6) is 0 Å². The molecule has 2 unspecified atom stereocenters. The molecule has 0 radical (unpaired) electrons.